The van der Waals surface area contributed by atoms with E-state index >= 15 is 0 Å². The summed E-state index contributed by atoms with van der Waals surface area (Å²) in [6, 6.07) is 12.2. The largest absolute Gasteiger partial charge is 0.390 e. The van der Waals surface area contributed by atoms with Crippen molar-refractivity contribution in [1.29, 1.82) is 0 Å². The van der Waals surface area contributed by atoms with Crippen LogP contribution in [0.4, 0.5) is 10.3 Å². The number of aromatic amines is 1. The number of aliphatic hydroxyl groups is 1. The van der Waals surface area contributed by atoms with E-state index in [0.29, 0.717) is 17.8 Å². The summed E-state index contributed by atoms with van der Waals surface area (Å²) in [4.78, 5) is 25.0. The summed E-state index contributed by atoms with van der Waals surface area (Å²) in [5, 5.41) is 20.8. The Bertz CT molecular complexity index is 1560. The van der Waals surface area contributed by atoms with Gasteiger partial charge in [0.15, 0.2) is 5.82 Å². The zero-order chi connectivity index (χ0) is 29.4. The molecule has 1 aliphatic heterocycles. The molecule has 0 atom stereocenters. The Labute approximate surface area is 245 Å². The third-order valence-electron chi connectivity index (χ3n) is 9.10. The number of aromatic nitrogens is 5. The summed E-state index contributed by atoms with van der Waals surface area (Å²) in [6.45, 7) is 8.46. The minimum atomic E-state index is -0.644. The quantitative estimate of drug-likeness (QED) is 0.260. The number of hydrogen-bond donors (Lipinski definition) is 3. The van der Waals surface area contributed by atoms with Crippen molar-refractivity contribution in [3.05, 3.63) is 71.1 Å². The number of carbonyl (C=O) groups is 1. The smallest absolute Gasteiger partial charge is 0.258 e. The second kappa shape index (κ2) is 11.6. The average Bonchev–Trinajstić information content (AvgIpc) is 3.56. The molecule has 3 heterocycles. The van der Waals surface area contributed by atoms with Crippen molar-refractivity contribution in [2.75, 3.05) is 18.4 Å². The Morgan fingerprint density at radius 2 is 1.83 bits per heavy atom. The first kappa shape index (κ1) is 28.5. The van der Waals surface area contributed by atoms with Crippen LogP contribution in [-0.4, -0.2) is 59.3 Å². The van der Waals surface area contributed by atoms with E-state index in [1.807, 2.05) is 26.8 Å². The molecule has 2 aromatic heterocycles. The molecule has 222 valence electrons. The second-order valence-electron chi connectivity index (χ2n) is 12.6. The fraction of sp³-hybridized carbons (Fsp3) is 0.500. The molecule has 2 fully saturated rings. The van der Waals surface area contributed by atoms with Gasteiger partial charge in [0.05, 0.1) is 16.6 Å². The molecular formula is C32H40FN7O2. The van der Waals surface area contributed by atoms with Gasteiger partial charge in [-0.3, -0.25) is 20.1 Å². The number of aryl methyl sites for hydroxylation is 1. The lowest BCUT2D eigenvalue weighted by Crippen LogP contribution is -2.41. The van der Waals surface area contributed by atoms with Crippen molar-refractivity contribution in [2.24, 2.45) is 5.92 Å². The summed E-state index contributed by atoms with van der Waals surface area (Å²) in [5.41, 5.74) is 2.62. The first-order chi connectivity index (χ1) is 20.1. The van der Waals surface area contributed by atoms with Gasteiger partial charge >= 0.3 is 0 Å². The molecule has 42 heavy (non-hydrogen) atoms. The highest BCUT2D eigenvalue weighted by Crippen LogP contribution is 2.40. The van der Waals surface area contributed by atoms with Crippen molar-refractivity contribution in [3.63, 3.8) is 0 Å². The fourth-order valence-electron chi connectivity index (χ4n) is 6.69. The maximum atomic E-state index is 13.9. The maximum Gasteiger partial charge on any atom is 0.258 e. The topological polar surface area (TPSA) is 112 Å². The first-order valence-electron chi connectivity index (χ1n) is 15.1. The van der Waals surface area contributed by atoms with E-state index in [2.05, 4.69) is 42.1 Å². The van der Waals surface area contributed by atoms with Gasteiger partial charge in [-0.1, -0.05) is 12.1 Å². The number of benzene rings is 2. The highest BCUT2D eigenvalue weighted by atomic mass is 19.1. The number of amides is 1. The first-order valence-corrected chi connectivity index (χ1v) is 15.1. The number of likely N-dealkylation sites (tertiary alicyclic amines) is 1. The molecule has 1 aliphatic carbocycles. The number of nitrogens with zero attached hydrogens (tertiary/aromatic N) is 5. The van der Waals surface area contributed by atoms with Crippen molar-refractivity contribution in [1.82, 2.24) is 29.6 Å². The average molecular weight is 574 g/mol. The molecular weight excluding hydrogens is 533 g/mol. The van der Waals surface area contributed by atoms with Gasteiger partial charge in [-0.05, 0) is 114 Å². The predicted molar refractivity (Wildman–Crippen MR) is 160 cm³/mol. The van der Waals surface area contributed by atoms with Crippen LogP contribution in [0.3, 0.4) is 0 Å². The van der Waals surface area contributed by atoms with E-state index in [-0.39, 0.29) is 17.5 Å². The molecule has 1 amide bonds. The number of piperidine rings is 1. The van der Waals surface area contributed by atoms with Gasteiger partial charge in [0.25, 0.3) is 5.91 Å². The van der Waals surface area contributed by atoms with Crippen LogP contribution in [0.5, 0.6) is 0 Å². The molecule has 2 aromatic carbocycles. The zero-order valence-corrected chi connectivity index (χ0v) is 24.6. The zero-order valence-electron chi connectivity index (χ0n) is 24.6. The van der Waals surface area contributed by atoms with Crippen molar-refractivity contribution >= 4 is 22.9 Å². The van der Waals surface area contributed by atoms with Crippen molar-refractivity contribution in [3.8, 4) is 0 Å². The summed E-state index contributed by atoms with van der Waals surface area (Å²) in [5.74, 6) is 1.97. The molecule has 4 aromatic rings. The third kappa shape index (κ3) is 6.10. The van der Waals surface area contributed by atoms with Gasteiger partial charge < -0.3 is 9.67 Å². The number of hydrogen-bond acceptors (Lipinski definition) is 6. The number of fused-ring (bicyclic) bond motifs is 1. The molecule has 0 spiro atoms. The summed E-state index contributed by atoms with van der Waals surface area (Å²) in [7, 11) is 0. The van der Waals surface area contributed by atoms with Crippen LogP contribution in [-0.2, 0) is 6.54 Å². The minimum absolute atomic E-state index is 0.145. The number of carbonyl (C=O) groups excluding carboxylic acids is 1. The van der Waals surface area contributed by atoms with Crippen molar-refractivity contribution in [2.45, 2.75) is 83.4 Å². The number of anilines is 1. The highest BCUT2D eigenvalue weighted by Gasteiger charge is 2.31. The van der Waals surface area contributed by atoms with E-state index in [4.69, 9.17) is 4.98 Å². The maximum absolute atomic E-state index is 13.9. The molecule has 6 rings (SSSR count). The molecule has 10 heteroatoms. The fourth-order valence-corrected chi connectivity index (χ4v) is 6.69. The standard InChI is InChI=1S/C32H40FN7O2/c1-20-34-29(38-37-20)22-8-10-26(11-9-22)40-28-17-21(19-39-15-13-24(14-16-39)32(2,3)42)7-12-27(28)35-31(40)36-30(41)23-5-4-6-25(33)18-23/h4-7,12,17-18,22,24,26,42H,8-11,13-16,19H2,1-3H3,(H,34,37,38)(H,35,36,41). The summed E-state index contributed by atoms with van der Waals surface area (Å²) in [6.07, 6.45) is 5.65. The van der Waals surface area contributed by atoms with Gasteiger partial charge in [0.2, 0.25) is 5.95 Å². The predicted octanol–water partition coefficient (Wildman–Crippen LogP) is 5.74. The lowest BCUT2D eigenvalue weighted by molar-refractivity contribution is -0.0136. The lowest BCUT2D eigenvalue weighted by Gasteiger charge is -2.37. The molecule has 9 nitrogen and oxygen atoms in total. The Balaban J connectivity index is 1.26. The number of halogens is 1. The Hall–Kier alpha value is -3.63. The van der Waals surface area contributed by atoms with Gasteiger partial charge in [-0.15, -0.1) is 0 Å². The highest BCUT2D eigenvalue weighted by molar-refractivity contribution is 6.04. The van der Waals surface area contributed by atoms with E-state index in [1.54, 1.807) is 6.07 Å². The van der Waals surface area contributed by atoms with Crippen molar-refractivity contribution < 1.29 is 14.3 Å². The van der Waals surface area contributed by atoms with E-state index in [1.165, 1.54) is 23.8 Å². The Morgan fingerprint density at radius 1 is 1.07 bits per heavy atom. The monoisotopic (exact) mass is 573 g/mol. The second-order valence-corrected chi connectivity index (χ2v) is 12.6. The van der Waals surface area contributed by atoms with Crippen LogP contribution >= 0.6 is 0 Å². The number of H-pyrrole nitrogens is 1. The minimum Gasteiger partial charge on any atom is -0.390 e. The lowest BCUT2D eigenvalue weighted by atomic mass is 9.83. The Morgan fingerprint density at radius 3 is 2.50 bits per heavy atom. The van der Waals surface area contributed by atoms with Crippen LogP contribution in [0.15, 0.2) is 42.5 Å². The summed E-state index contributed by atoms with van der Waals surface area (Å²) < 4.78 is 16.0. The van der Waals surface area contributed by atoms with Crippen LogP contribution in [0, 0.1) is 18.7 Å². The van der Waals surface area contributed by atoms with Crippen LogP contribution < -0.4 is 5.32 Å². The van der Waals surface area contributed by atoms with Crippen LogP contribution in [0.1, 0.15) is 91.9 Å². The van der Waals surface area contributed by atoms with E-state index in [0.717, 1.165) is 80.8 Å². The molecule has 3 N–H and O–H groups in total. The number of nitrogens with one attached hydrogen (secondary N) is 2. The van der Waals surface area contributed by atoms with E-state index in [9.17, 15) is 14.3 Å². The molecule has 1 saturated heterocycles. The third-order valence-corrected chi connectivity index (χ3v) is 9.10. The van der Waals surface area contributed by atoms with Gasteiger partial charge in [-0.25, -0.2) is 14.4 Å². The SMILES string of the molecule is Cc1nc(C2CCC(n3c(NC(=O)c4cccc(F)c4)nc4ccc(CN5CCC(C(C)(C)O)CC5)cc43)CC2)n[nH]1. The van der Waals surface area contributed by atoms with Gasteiger partial charge in [0.1, 0.15) is 11.6 Å². The summed E-state index contributed by atoms with van der Waals surface area (Å²) >= 11 is 0. The number of rotatable bonds is 7. The normalized spacial score (nSPS) is 20.7. The molecule has 0 radical (unpaired) electrons. The molecule has 2 aliphatic rings. The molecule has 1 saturated carbocycles. The molecule has 0 unspecified atom stereocenters. The number of imidazole rings is 1. The van der Waals surface area contributed by atoms with Gasteiger partial charge in [-0.2, -0.15) is 5.10 Å². The van der Waals surface area contributed by atoms with Gasteiger partial charge in [0, 0.05) is 24.1 Å². The molecule has 0 bridgehead atoms. The van der Waals surface area contributed by atoms with Crippen LogP contribution in [0.25, 0.3) is 11.0 Å². The van der Waals surface area contributed by atoms with E-state index < -0.39 is 11.4 Å². The Kier molecular flexibility index (Phi) is 7.85. The van der Waals surface area contributed by atoms with Crippen LogP contribution in [0.2, 0.25) is 0 Å².